The fourth-order valence-electron chi connectivity index (χ4n) is 2.34. The molecule has 1 aromatic heterocycles. The molecule has 0 saturated heterocycles. The van der Waals surface area contributed by atoms with Gasteiger partial charge in [0.2, 0.25) is 0 Å². The summed E-state index contributed by atoms with van der Waals surface area (Å²) in [4.78, 5) is 15.0. The number of aromatic amines is 1. The van der Waals surface area contributed by atoms with Gasteiger partial charge in [0.05, 0.1) is 24.2 Å². The van der Waals surface area contributed by atoms with Crippen LogP contribution in [-0.2, 0) is 11.3 Å². The van der Waals surface area contributed by atoms with Gasteiger partial charge in [-0.15, -0.1) is 0 Å². The van der Waals surface area contributed by atoms with Crippen LogP contribution in [0, 0.1) is 13.8 Å². The number of pyridine rings is 1. The summed E-state index contributed by atoms with van der Waals surface area (Å²) in [6, 6.07) is 6.19. The molecule has 0 atom stereocenters. The van der Waals surface area contributed by atoms with Gasteiger partial charge in [-0.2, -0.15) is 0 Å². The normalized spacial score (nSPS) is 11.1. The Morgan fingerprint density at radius 2 is 2.05 bits per heavy atom. The van der Waals surface area contributed by atoms with Gasteiger partial charge in [0, 0.05) is 7.11 Å². The fraction of sp³-hybridized carbons (Fsp3) is 0.400. The average Bonchev–Trinajstić information content (AvgIpc) is 2.36. The van der Waals surface area contributed by atoms with Gasteiger partial charge < -0.3 is 15.0 Å². The molecule has 0 aliphatic carbocycles. The Balaban J connectivity index is 2.30. The van der Waals surface area contributed by atoms with Crippen molar-refractivity contribution in [3.63, 3.8) is 0 Å². The molecule has 102 valence electrons. The average molecular weight is 261 g/mol. The molecule has 0 radical (unpaired) electrons. The molecule has 0 aliphatic rings. The van der Waals surface area contributed by atoms with Crippen LogP contribution >= 0.6 is 0 Å². The van der Waals surface area contributed by atoms with Gasteiger partial charge >= 0.3 is 0 Å². The molecule has 0 bridgehead atoms. The summed E-state index contributed by atoms with van der Waals surface area (Å²) in [5.41, 5.74) is 4.09. The number of nitrogens with two attached hydrogens (primary N) is 1. The van der Waals surface area contributed by atoms with Crippen LogP contribution in [-0.4, -0.2) is 25.2 Å². The summed E-state index contributed by atoms with van der Waals surface area (Å²) in [5, 5.41) is 3.19. The Bertz CT molecular complexity index is 632. The topological polar surface area (TPSA) is 58.7 Å². The van der Waals surface area contributed by atoms with Crippen LogP contribution in [0.5, 0.6) is 0 Å². The van der Waals surface area contributed by atoms with Crippen LogP contribution in [0.4, 0.5) is 0 Å². The molecule has 19 heavy (non-hydrogen) atoms. The van der Waals surface area contributed by atoms with Gasteiger partial charge in [-0.3, -0.25) is 4.79 Å². The molecular formula is C15H21N2O2+. The summed E-state index contributed by atoms with van der Waals surface area (Å²) in [6.07, 6.45) is 0. The molecule has 0 fully saturated rings. The molecule has 4 heteroatoms. The zero-order valence-electron chi connectivity index (χ0n) is 11.7. The monoisotopic (exact) mass is 261 g/mol. The lowest BCUT2D eigenvalue weighted by Gasteiger charge is -2.06. The van der Waals surface area contributed by atoms with Crippen molar-refractivity contribution in [1.29, 1.82) is 0 Å². The number of hydrogen-bond donors (Lipinski definition) is 2. The second-order valence-corrected chi connectivity index (χ2v) is 4.94. The molecule has 2 aromatic rings. The van der Waals surface area contributed by atoms with Crippen LogP contribution in [0.2, 0.25) is 0 Å². The van der Waals surface area contributed by atoms with Gasteiger partial charge in [0.15, 0.2) is 0 Å². The Kier molecular flexibility index (Phi) is 4.35. The van der Waals surface area contributed by atoms with Crippen molar-refractivity contribution >= 4 is 10.9 Å². The van der Waals surface area contributed by atoms with Crippen LogP contribution in [0.1, 0.15) is 16.7 Å². The maximum atomic E-state index is 12.0. The first kappa shape index (κ1) is 13.8. The molecule has 4 nitrogen and oxygen atoms in total. The predicted octanol–water partition coefficient (Wildman–Crippen LogP) is 0.855. The number of H-pyrrole nitrogens is 1. The number of ether oxygens (including phenoxy) is 1. The van der Waals surface area contributed by atoms with Crippen molar-refractivity contribution in [1.82, 2.24) is 4.98 Å². The van der Waals surface area contributed by atoms with E-state index in [0.717, 1.165) is 28.6 Å². The van der Waals surface area contributed by atoms with Gasteiger partial charge in [-0.25, -0.2) is 0 Å². The van der Waals surface area contributed by atoms with Crippen LogP contribution in [0.25, 0.3) is 10.9 Å². The number of quaternary nitrogens is 1. The van der Waals surface area contributed by atoms with Gasteiger partial charge in [0.25, 0.3) is 5.56 Å². The van der Waals surface area contributed by atoms with Crippen molar-refractivity contribution in [2.45, 2.75) is 20.4 Å². The highest BCUT2D eigenvalue weighted by Crippen LogP contribution is 2.17. The minimum atomic E-state index is 0.00752. The summed E-state index contributed by atoms with van der Waals surface area (Å²) >= 11 is 0. The lowest BCUT2D eigenvalue weighted by molar-refractivity contribution is -0.672. The Hall–Kier alpha value is -1.65. The molecule has 3 N–H and O–H groups in total. The van der Waals surface area contributed by atoms with Crippen molar-refractivity contribution < 1.29 is 10.1 Å². The van der Waals surface area contributed by atoms with Crippen LogP contribution < -0.4 is 10.9 Å². The van der Waals surface area contributed by atoms with Crippen LogP contribution in [0.3, 0.4) is 0 Å². The minimum Gasteiger partial charge on any atom is -0.379 e. The molecule has 0 unspecified atom stereocenters. The zero-order valence-corrected chi connectivity index (χ0v) is 11.7. The second kappa shape index (κ2) is 5.99. The van der Waals surface area contributed by atoms with Crippen molar-refractivity contribution in [3.05, 3.63) is 45.2 Å². The molecule has 0 saturated carbocycles. The second-order valence-electron chi connectivity index (χ2n) is 4.94. The van der Waals surface area contributed by atoms with E-state index >= 15 is 0 Å². The highest BCUT2D eigenvalue weighted by molar-refractivity contribution is 5.82. The summed E-state index contributed by atoms with van der Waals surface area (Å²) in [7, 11) is 1.68. The first-order valence-corrected chi connectivity index (χ1v) is 6.55. The number of methoxy groups -OCH3 is 1. The Labute approximate surface area is 112 Å². The molecule has 2 rings (SSSR count). The molecule has 1 aromatic carbocycles. The van der Waals surface area contributed by atoms with E-state index in [4.69, 9.17) is 4.74 Å². The van der Waals surface area contributed by atoms with Crippen molar-refractivity contribution in [2.24, 2.45) is 0 Å². The third-order valence-electron chi connectivity index (χ3n) is 3.26. The number of aromatic nitrogens is 1. The van der Waals surface area contributed by atoms with Gasteiger partial charge in [-0.05, 0) is 36.9 Å². The zero-order chi connectivity index (χ0) is 13.8. The first-order chi connectivity index (χ1) is 9.11. The van der Waals surface area contributed by atoms with E-state index in [9.17, 15) is 4.79 Å². The third kappa shape index (κ3) is 3.22. The van der Waals surface area contributed by atoms with E-state index in [-0.39, 0.29) is 5.56 Å². The third-order valence-corrected chi connectivity index (χ3v) is 3.26. The largest absolute Gasteiger partial charge is 0.379 e. The SMILES string of the molecule is COCC[NH2+]Cc1cc2cc(C)cc(C)c2[nH]c1=O. The summed E-state index contributed by atoms with van der Waals surface area (Å²) in [5.74, 6) is 0. The van der Waals surface area contributed by atoms with Crippen molar-refractivity contribution in [3.8, 4) is 0 Å². The molecule has 0 aliphatic heterocycles. The molecule has 1 heterocycles. The molecule has 0 spiro atoms. The number of aryl methyl sites for hydroxylation is 2. The number of rotatable bonds is 5. The van der Waals surface area contributed by atoms with Crippen LogP contribution in [0.15, 0.2) is 23.0 Å². The highest BCUT2D eigenvalue weighted by Gasteiger charge is 2.06. The van der Waals surface area contributed by atoms with Crippen molar-refractivity contribution in [2.75, 3.05) is 20.3 Å². The Morgan fingerprint density at radius 1 is 1.26 bits per heavy atom. The Morgan fingerprint density at radius 3 is 2.79 bits per heavy atom. The highest BCUT2D eigenvalue weighted by atomic mass is 16.5. The minimum absolute atomic E-state index is 0.00752. The number of hydrogen-bond acceptors (Lipinski definition) is 2. The smallest absolute Gasteiger partial charge is 0.257 e. The van der Waals surface area contributed by atoms with E-state index < -0.39 is 0 Å². The van der Waals surface area contributed by atoms with E-state index in [0.29, 0.717) is 13.2 Å². The van der Waals surface area contributed by atoms with Gasteiger partial charge in [-0.1, -0.05) is 11.6 Å². The molecular weight excluding hydrogens is 240 g/mol. The standard InChI is InChI=1S/C15H20N2O2/c1-10-6-11(2)14-12(7-10)8-13(15(18)17-14)9-16-4-5-19-3/h6-8,16H,4-5,9H2,1-3H3,(H,17,18)/p+1. The summed E-state index contributed by atoms with van der Waals surface area (Å²) in [6.45, 7) is 6.34. The summed E-state index contributed by atoms with van der Waals surface area (Å²) < 4.78 is 4.99. The maximum Gasteiger partial charge on any atom is 0.257 e. The number of benzene rings is 1. The quantitative estimate of drug-likeness (QED) is 0.784. The number of nitrogens with one attached hydrogen (secondary N) is 1. The van der Waals surface area contributed by atoms with Gasteiger partial charge in [0.1, 0.15) is 6.54 Å². The lowest BCUT2D eigenvalue weighted by Crippen LogP contribution is -2.83. The van der Waals surface area contributed by atoms with E-state index in [1.165, 1.54) is 5.56 Å². The number of fused-ring (bicyclic) bond motifs is 1. The fourth-order valence-corrected chi connectivity index (χ4v) is 2.34. The maximum absolute atomic E-state index is 12.0. The predicted molar refractivity (Wildman–Crippen MR) is 76.4 cm³/mol. The van der Waals surface area contributed by atoms with E-state index in [1.54, 1.807) is 7.11 Å². The van der Waals surface area contributed by atoms with E-state index in [2.05, 4.69) is 29.4 Å². The lowest BCUT2D eigenvalue weighted by atomic mass is 10.1. The molecule has 0 amide bonds. The first-order valence-electron chi connectivity index (χ1n) is 6.55. The van der Waals surface area contributed by atoms with E-state index in [1.807, 2.05) is 13.0 Å².